The van der Waals surface area contributed by atoms with Crippen molar-refractivity contribution >= 4 is 52.0 Å². The number of Topliss-reactive ketones (excluding diaryl/α,β-unsaturated/α-hetero) is 2. The fourth-order valence-corrected chi connectivity index (χ4v) is 9.73. The summed E-state index contributed by atoms with van der Waals surface area (Å²) < 4.78 is 21.2. The lowest BCUT2D eigenvalue weighted by atomic mass is 9.92. The summed E-state index contributed by atoms with van der Waals surface area (Å²) >= 11 is 0. The Hall–Kier alpha value is -6.01. The number of aliphatic carboxylic acids is 1. The molecule has 0 bridgehead atoms. The van der Waals surface area contributed by atoms with Gasteiger partial charge in [0.1, 0.15) is 11.8 Å². The average molecular weight is 981 g/mol. The largest absolute Gasteiger partial charge is 0.481 e. The van der Waals surface area contributed by atoms with Crippen molar-refractivity contribution < 1.29 is 48.1 Å². The fraction of sp³-hybridized carbons (Fsp3) is 0.537. The van der Waals surface area contributed by atoms with Crippen molar-refractivity contribution in [3.63, 3.8) is 0 Å². The summed E-state index contributed by atoms with van der Waals surface area (Å²) in [5, 5.41) is 10.5. The lowest BCUT2D eigenvalue weighted by Gasteiger charge is -2.30. The van der Waals surface area contributed by atoms with Crippen LogP contribution in [-0.2, 0) is 82.3 Å². The minimum atomic E-state index is -0.833. The standard InChI is InChI=1S/C52H68N6O9.C2H4O2/c1-34(42(22-25-48(54)61)55-50(62)46-31-39-13-7-12-38-19-21-41(53)51(63)58(46)49(38)39)67-33-37-16-14-35(15-17-37)10-8-28-65-26-5-3-4-6-27-66-29-9-11-36-18-23-43-45(30-36)56(2)52(64)57(43)44-24-20-40(59)32-47(44)60;1-2(3)4/h7,12-18,23,30,34,41-42,44,46H,3-6,8-11,19-22,24-29,31-33,53H2,1-2H3,(H2,54,61)(H,55,62);1H3,(H,3,4)/t34-,41+,42+,44?,46+;/m1./s1. The third-order valence-electron chi connectivity index (χ3n) is 13.6. The van der Waals surface area contributed by atoms with E-state index in [0.29, 0.717) is 58.3 Å². The molecule has 3 amide bonds. The molecule has 1 fully saturated rings. The first-order valence-corrected chi connectivity index (χ1v) is 25.2. The number of benzene rings is 3. The Morgan fingerprint density at radius 1 is 0.803 bits per heavy atom. The summed E-state index contributed by atoms with van der Waals surface area (Å²) in [4.78, 5) is 86.9. The molecule has 5 atom stereocenters. The molecule has 7 rings (SSSR count). The highest BCUT2D eigenvalue weighted by atomic mass is 16.5. The first-order valence-electron chi connectivity index (χ1n) is 25.2. The molecule has 4 aromatic rings. The van der Waals surface area contributed by atoms with Crippen molar-refractivity contribution in [3.05, 3.63) is 99.0 Å². The number of anilines is 1. The van der Waals surface area contributed by atoms with E-state index in [4.69, 9.17) is 35.6 Å². The fourth-order valence-electron chi connectivity index (χ4n) is 9.73. The van der Waals surface area contributed by atoms with E-state index in [1.807, 2.05) is 55.5 Å². The SMILES string of the molecule is CC(=O)O.C[C@@H](OCc1ccc(CCCOCCCCCCOCCCc2ccc3c(c2)n(C)c(=O)n3C2CCC(=O)CC2=O)cc1)[C@H](CCC(N)=O)NC(=O)[C@@H]1Cc2cccc3c2N1C(=O)[C@@H](N)CC3. The maximum atomic E-state index is 13.8. The van der Waals surface area contributed by atoms with Gasteiger partial charge in [0, 0.05) is 59.7 Å². The Labute approximate surface area is 415 Å². The Morgan fingerprint density at radius 3 is 2.08 bits per heavy atom. The van der Waals surface area contributed by atoms with Crippen LogP contribution in [0.4, 0.5) is 5.69 Å². The summed E-state index contributed by atoms with van der Waals surface area (Å²) in [5.74, 6) is -2.08. The van der Waals surface area contributed by atoms with Gasteiger partial charge in [-0.2, -0.15) is 0 Å². The molecule has 2 aliphatic heterocycles. The number of carboxylic acid groups (broad SMARTS) is 1. The van der Waals surface area contributed by atoms with Crippen LogP contribution in [0.1, 0.15) is 125 Å². The highest BCUT2D eigenvalue weighted by molar-refractivity contribution is 6.07. The molecule has 0 radical (unpaired) electrons. The van der Waals surface area contributed by atoms with Gasteiger partial charge in [0.15, 0.2) is 5.78 Å². The van der Waals surface area contributed by atoms with Crippen molar-refractivity contribution in [1.29, 1.82) is 0 Å². The summed E-state index contributed by atoms with van der Waals surface area (Å²) in [6, 6.07) is 17.7. The van der Waals surface area contributed by atoms with Gasteiger partial charge in [-0.25, -0.2) is 4.79 Å². The van der Waals surface area contributed by atoms with Crippen LogP contribution in [0.25, 0.3) is 11.0 Å². The maximum Gasteiger partial charge on any atom is 0.329 e. The third-order valence-corrected chi connectivity index (χ3v) is 13.6. The number of nitrogens with two attached hydrogens (primary N) is 2. The van der Waals surface area contributed by atoms with E-state index < -0.39 is 42.1 Å². The molecule has 1 aromatic heterocycles. The molecule has 0 spiro atoms. The number of amides is 3. The predicted molar refractivity (Wildman–Crippen MR) is 269 cm³/mol. The van der Waals surface area contributed by atoms with E-state index in [-0.39, 0.29) is 41.9 Å². The number of aryl methyl sites for hydroxylation is 4. The number of rotatable bonds is 25. The molecule has 384 valence electrons. The van der Waals surface area contributed by atoms with E-state index in [1.54, 1.807) is 21.1 Å². The molecule has 1 saturated carbocycles. The number of aromatic nitrogens is 2. The third kappa shape index (κ3) is 15.0. The summed E-state index contributed by atoms with van der Waals surface area (Å²) in [7, 11) is 1.73. The van der Waals surface area contributed by atoms with Crippen molar-refractivity contribution in [2.75, 3.05) is 31.3 Å². The molecule has 3 aliphatic rings. The number of nitrogens with one attached hydrogen (secondary N) is 1. The summed E-state index contributed by atoms with van der Waals surface area (Å²) in [5.41, 5.74) is 19.2. The molecule has 0 saturated heterocycles. The number of para-hydroxylation sites is 1. The number of primary amides is 1. The number of carbonyl (C=O) groups is 6. The molecule has 17 heteroatoms. The van der Waals surface area contributed by atoms with Crippen LogP contribution in [-0.4, -0.2) is 100 Å². The number of nitrogens with zero attached hydrogens (tertiary/aromatic N) is 3. The average Bonchev–Trinajstić information content (AvgIpc) is 3.81. The van der Waals surface area contributed by atoms with Crippen molar-refractivity contribution in [2.45, 2.75) is 153 Å². The first-order chi connectivity index (χ1) is 34.1. The Bertz CT molecular complexity index is 2550. The van der Waals surface area contributed by atoms with Gasteiger partial charge in [0.2, 0.25) is 17.7 Å². The Balaban J connectivity index is 0.00000199. The maximum absolute atomic E-state index is 13.8. The van der Waals surface area contributed by atoms with Gasteiger partial charge in [-0.05, 0) is 111 Å². The number of carboxylic acids is 1. The summed E-state index contributed by atoms with van der Waals surface area (Å²) in [6.45, 7) is 6.13. The van der Waals surface area contributed by atoms with Gasteiger partial charge in [-0.1, -0.05) is 61.4 Å². The van der Waals surface area contributed by atoms with Crippen LogP contribution in [0, 0.1) is 0 Å². The lowest BCUT2D eigenvalue weighted by Crippen LogP contribution is -2.55. The lowest BCUT2D eigenvalue weighted by molar-refractivity contribution is -0.135. The zero-order valence-corrected chi connectivity index (χ0v) is 41.5. The number of ether oxygens (including phenoxy) is 3. The number of hydrogen-bond donors (Lipinski definition) is 4. The van der Waals surface area contributed by atoms with Gasteiger partial charge in [-0.15, -0.1) is 0 Å². The number of ketones is 2. The van der Waals surface area contributed by atoms with Crippen LogP contribution in [0.2, 0.25) is 0 Å². The topological polar surface area (TPSA) is 245 Å². The minimum absolute atomic E-state index is 0.0557. The van der Waals surface area contributed by atoms with Crippen molar-refractivity contribution in [1.82, 2.24) is 14.5 Å². The first kappa shape index (κ1) is 54.3. The van der Waals surface area contributed by atoms with Crippen LogP contribution in [0.15, 0.2) is 65.5 Å². The zero-order valence-electron chi connectivity index (χ0n) is 41.5. The van der Waals surface area contributed by atoms with Gasteiger partial charge >= 0.3 is 5.69 Å². The minimum Gasteiger partial charge on any atom is -0.481 e. The number of imidazole rings is 1. The van der Waals surface area contributed by atoms with Gasteiger partial charge in [0.25, 0.3) is 5.97 Å². The molecular formula is C54H72N6O11. The molecule has 6 N–H and O–H groups in total. The second-order valence-corrected chi connectivity index (χ2v) is 19.1. The molecule has 17 nitrogen and oxygen atoms in total. The Kier molecular flexibility index (Phi) is 20.2. The predicted octanol–water partition coefficient (Wildman–Crippen LogP) is 5.34. The van der Waals surface area contributed by atoms with Crippen LogP contribution < -0.4 is 27.4 Å². The quantitative estimate of drug-likeness (QED) is 0.0486. The highest BCUT2D eigenvalue weighted by Gasteiger charge is 2.43. The molecular weight excluding hydrogens is 909 g/mol. The van der Waals surface area contributed by atoms with Gasteiger partial charge in [-0.3, -0.25) is 42.8 Å². The molecule has 3 aromatic carbocycles. The molecule has 71 heavy (non-hydrogen) atoms. The number of hydrogen-bond acceptors (Lipinski definition) is 11. The van der Waals surface area contributed by atoms with Crippen LogP contribution in [0.3, 0.4) is 0 Å². The Morgan fingerprint density at radius 2 is 1.42 bits per heavy atom. The molecule has 1 unspecified atom stereocenters. The highest BCUT2D eigenvalue weighted by Crippen LogP contribution is 2.39. The molecule has 1 aliphatic carbocycles. The van der Waals surface area contributed by atoms with Crippen molar-refractivity contribution in [3.8, 4) is 0 Å². The zero-order chi connectivity index (χ0) is 51.0. The van der Waals surface area contributed by atoms with Gasteiger partial charge in [0.05, 0.1) is 54.0 Å². The monoisotopic (exact) mass is 981 g/mol. The second kappa shape index (κ2) is 26.4. The van der Waals surface area contributed by atoms with Crippen LogP contribution >= 0.6 is 0 Å². The van der Waals surface area contributed by atoms with E-state index in [1.165, 1.54) is 5.56 Å². The van der Waals surface area contributed by atoms with E-state index in [0.717, 1.165) is 110 Å². The number of carbonyl (C=O) groups excluding carboxylic acids is 5. The second-order valence-electron chi connectivity index (χ2n) is 19.1. The van der Waals surface area contributed by atoms with E-state index in [2.05, 4.69) is 17.4 Å². The van der Waals surface area contributed by atoms with E-state index >= 15 is 0 Å². The number of unbranched alkanes of at least 4 members (excludes halogenated alkanes) is 3. The van der Waals surface area contributed by atoms with Gasteiger partial charge < -0.3 is 36.1 Å². The van der Waals surface area contributed by atoms with E-state index in [9.17, 15) is 28.8 Å². The normalized spacial score (nSPS) is 18.4. The van der Waals surface area contributed by atoms with Crippen molar-refractivity contribution in [2.24, 2.45) is 18.5 Å². The van der Waals surface area contributed by atoms with Crippen LogP contribution in [0.5, 0.6) is 0 Å². The molecule has 3 heterocycles. The summed E-state index contributed by atoms with van der Waals surface area (Å²) in [6.07, 6.45) is 9.90. The smallest absolute Gasteiger partial charge is 0.329 e. The number of fused-ring (bicyclic) bond motifs is 1.